The van der Waals surface area contributed by atoms with E-state index in [1.807, 2.05) is 0 Å². The van der Waals surface area contributed by atoms with E-state index in [2.05, 4.69) is 17.6 Å². The van der Waals surface area contributed by atoms with Gasteiger partial charge in [-0.05, 0) is 37.1 Å². The minimum Gasteiger partial charge on any atom is -0.376 e. The summed E-state index contributed by atoms with van der Waals surface area (Å²) in [6, 6.07) is 4.46. The number of rotatable bonds is 6. The number of hydrogen-bond acceptors (Lipinski definition) is 2. The average molecular weight is 238 g/mol. The fourth-order valence-corrected chi connectivity index (χ4v) is 1.47. The Balaban J connectivity index is 2.37. The van der Waals surface area contributed by atoms with Crippen LogP contribution in [0.4, 0.5) is 10.1 Å². The van der Waals surface area contributed by atoms with Crippen LogP contribution in [-0.4, -0.2) is 19.0 Å². The molecule has 1 aromatic carbocycles. The molecular weight excluding hydrogens is 219 g/mol. The number of nitrogens with one attached hydrogen (secondary N) is 2. The molecule has 0 aliphatic rings. The predicted octanol–water partition coefficient (Wildman–Crippen LogP) is 2.46. The summed E-state index contributed by atoms with van der Waals surface area (Å²) in [5, 5.41) is 5.80. The van der Waals surface area contributed by atoms with Crippen molar-refractivity contribution in [2.75, 3.05) is 18.4 Å². The maximum Gasteiger partial charge on any atom is 0.239 e. The smallest absolute Gasteiger partial charge is 0.239 e. The zero-order valence-corrected chi connectivity index (χ0v) is 10.3. The Morgan fingerprint density at radius 1 is 1.41 bits per heavy atom. The highest BCUT2D eigenvalue weighted by atomic mass is 19.1. The molecule has 0 aliphatic heterocycles. The molecular formula is C13H19FN2O. The van der Waals surface area contributed by atoms with Gasteiger partial charge in [-0.1, -0.05) is 13.3 Å². The number of halogens is 1. The van der Waals surface area contributed by atoms with Crippen LogP contribution in [0.5, 0.6) is 0 Å². The lowest BCUT2D eigenvalue weighted by Crippen LogP contribution is -2.30. The Morgan fingerprint density at radius 3 is 2.82 bits per heavy atom. The molecule has 1 rings (SSSR count). The summed E-state index contributed by atoms with van der Waals surface area (Å²) < 4.78 is 12.8. The van der Waals surface area contributed by atoms with E-state index < -0.39 is 0 Å². The fourth-order valence-electron chi connectivity index (χ4n) is 1.47. The zero-order chi connectivity index (χ0) is 12.7. The molecule has 0 aliphatic carbocycles. The van der Waals surface area contributed by atoms with Gasteiger partial charge in [-0.25, -0.2) is 4.39 Å². The highest BCUT2D eigenvalue weighted by Crippen LogP contribution is 2.14. The van der Waals surface area contributed by atoms with Crippen molar-refractivity contribution < 1.29 is 9.18 Å². The summed E-state index contributed by atoms with van der Waals surface area (Å²) in [6.07, 6.45) is 2.05. The second-order valence-corrected chi connectivity index (χ2v) is 4.02. The third kappa shape index (κ3) is 4.85. The topological polar surface area (TPSA) is 41.1 Å². The monoisotopic (exact) mass is 238 g/mol. The molecule has 4 heteroatoms. The van der Waals surface area contributed by atoms with Crippen molar-refractivity contribution >= 4 is 11.6 Å². The molecule has 17 heavy (non-hydrogen) atoms. The van der Waals surface area contributed by atoms with Crippen LogP contribution in [0.3, 0.4) is 0 Å². The number of amides is 1. The maximum atomic E-state index is 12.8. The van der Waals surface area contributed by atoms with Crippen molar-refractivity contribution in [3.05, 3.63) is 29.6 Å². The van der Waals surface area contributed by atoms with E-state index in [4.69, 9.17) is 0 Å². The van der Waals surface area contributed by atoms with Crippen LogP contribution >= 0.6 is 0 Å². The lowest BCUT2D eigenvalue weighted by molar-refractivity contribution is -0.119. The summed E-state index contributed by atoms with van der Waals surface area (Å²) in [5.41, 5.74) is 1.59. The van der Waals surface area contributed by atoms with Gasteiger partial charge in [0.15, 0.2) is 0 Å². The first-order valence-corrected chi connectivity index (χ1v) is 5.90. The molecule has 1 amide bonds. The first kappa shape index (κ1) is 13.5. The quantitative estimate of drug-likeness (QED) is 0.747. The molecule has 0 radical (unpaired) electrons. The lowest BCUT2D eigenvalue weighted by atomic mass is 10.2. The van der Waals surface area contributed by atoms with Crippen molar-refractivity contribution in [2.45, 2.75) is 26.7 Å². The number of unbranched alkanes of at least 4 members (excludes halogenated alkanes) is 1. The van der Waals surface area contributed by atoms with Crippen molar-refractivity contribution in [3.8, 4) is 0 Å². The summed E-state index contributed by atoms with van der Waals surface area (Å²) in [7, 11) is 0. The molecule has 1 aromatic rings. The SMILES string of the molecule is CCCCNC(=O)CNc1ccc(F)cc1C. The Labute approximate surface area is 101 Å². The average Bonchev–Trinajstić information content (AvgIpc) is 2.28. The van der Waals surface area contributed by atoms with Crippen LogP contribution in [-0.2, 0) is 4.79 Å². The summed E-state index contributed by atoms with van der Waals surface area (Å²) in [5.74, 6) is -0.303. The summed E-state index contributed by atoms with van der Waals surface area (Å²) >= 11 is 0. The number of anilines is 1. The van der Waals surface area contributed by atoms with Crippen LogP contribution in [0.25, 0.3) is 0 Å². The van der Waals surface area contributed by atoms with E-state index in [0.717, 1.165) is 24.1 Å². The fraction of sp³-hybridized carbons (Fsp3) is 0.462. The number of benzene rings is 1. The molecule has 0 fully saturated rings. The van der Waals surface area contributed by atoms with E-state index in [-0.39, 0.29) is 18.3 Å². The Kier molecular flexibility index (Phi) is 5.46. The van der Waals surface area contributed by atoms with Crippen LogP contribution < -0.4 is 10.6 Å². The molecule has 0 spiro atoms. The molecule has 0 aromatic heterocycles. The van der Waals surface area contributed by atoms with Crippen LogP contribution in [0, 0.1) is 12.7 Å². The van der Waals surface area contributed by atoms with Crippen molar-refractivity contribution in [1.29, 1.82) is 0 Å². The van der Waals surface area contributed by atoms with Crippen LogP contribution in [0.1, 0.15) is 25.3 Å². The van der Waals surface area contributed by atoms with Gasteiger partial charge in [0.2, 0.25) is 5.91 Å². The largest absolute Gasteiger partial charge is 0.376 e. The molecule has 0 heterocycles. The first-order valence-electron chi connectivity index (χ1n) is 5.90. The molecule has 0 saturated heterocycles. The van der Waals surface area contributed by atoms with Gasteiger partial charge < -0.3 is 10.6 Å². The molecule has 94 valence electrons. The molecule has 3 nitrogen and oxygen atoms in total. The van der Waals surface area contributed by atoms with Crippen LogP contribution in [0.15, 0.2) is 18.2 Å². The van der Waals surface area contributed by atoms with Gasteiger partial charge in [0.1, 0.15) is 5.82 Å². The van der Waals surface area contributed by atoms with Gasteiger partial charge in [-0.3, -0.25) is 4.79 Å². The van der Waals surface area contributed by atoms with Gasteiger partial charge in [-0.15, -0.1) is 0 Å². The van der Waals surface area contributed by atoms with Gasteiger partial charge in [-0.2, -0.15) is 0 Å². The maximum absolute atomic E-state index is 12.8. The van der Waals surface area contributed by atoms with Crippen molar-refractivity contribution in [1.82, 2.24) is 5.32 Å². The highest BCUT2D eigenvalue weighted by molar-refractivity contribution is 5.80. The molecule has 0 atom stereocenters. The molecule has 0 saturated carbocycles. The molecule has 0 bridgehead atoms. The van der Waals surface area contributed by atoms with Crippen molar-refractivity contribution in [3.63, 3.8) is 0 Å². The first-order chi connectivity index (χ1) is 8.13. The van der Waals surface area contributed by atoms with Gasteiger partial charge >= 0.3 is 0 Å². The van der Waals surface area contributed by atoms with E-state index in [0.29, 0.717) is 6.54 Å². The number of carbonyl (C=O) groups excluding carboxylic acids is 1. The number of aryl methyl sites for hydroxylation is 1. The van der Waals surface area contributed by atoms with Crippen molar-refractivity contribution in [2.24, 2.45) is 0 Å². The van der Waals surface area contributed by atoms with Gasteiger partial charge in [0.25, 0.3) is 0 Å². The summed E-state index contributed by atoms with van der Waals surface area (Å²) in [6.45, 7) is 4.81. The molecule has 0 unspecified atom stereocenters. The van der Waals surface area contributed by atoms with Gasteiger partial charge in [0, 0.05) is 12.2 Å². The third-order valence-corrected chi connectivity index (χ3v) is 2.48. The van der Waals surface area contributed by atoms with E-state index in [1.54, 1.807) is 13.0 Å². The van der Waals surface area contributed by atoms with Gasteiger partial charge in [0.05, 0.1) is 6.54 Å². The minimum absolute atomic E-state index is 0.0397. The lowest BCUT2D eigenvalue weighted by Gasteiger charge is -2.09. The van der Waals surface area contributed by atoms with E-state index >= 15 is 0 Å². The Morgan fingerprint density at radius 2 is 2.18 bits per heavy atom. The number of carbonyl (C=O) groups is 1. The van der Waals surface area contributed by atoms with E-state index in [9.17, 15) is 9.18 Å². The Hall–Kier alpha value is -1.58. The second-order valence-electron chi connectivity index (χ2n) is 4.02. The Bertz CT molecular complexity index is 380. The van der Waals surface area contributed by atoms with E-state index in [1.165, 1.54) is 12.1 Å². The highest BCUT2D eigenvalue weighted by Gasteiger charge is 2.03. The predicted molar refractivity (Wildman–Crippen MR) is 67.5 cm³/mol. The molecule has 2 N–H and O–H groups in total. The zero-order valence-electron chi connectivity index (χ0n) is 10.3. The normalized spacial score (nSPS) is 10.1. The minimum atomic E-state index is -0.263. The third-order valence-electron chi connectivity index (χ3n) is 2.48. The number of hydrogen-bond donors (Lipinski definition) is 2. The standard InChI is InChI=1S/C13H19FN2O/c1-3-4-7-15-13(17)9-16-12-6-5-11(14)8-10(12)2/h5-6,8,16H,3-4,7,9H2,1-2H3,(H,15,17). The second kappa shape index (κ2) is 6.89. The van der Waals surface area contributed by atoms with Crippen LogP contribution in [0.2, 0.25) is 0 Å². The summed E-state index contributed by atoms with van der Waals surface area (Å²) in [4.78, 5) is 11.4.